The Morgan fingerprint density at radius 2 is 1.44 bits per heavy atom. The number of alkyl carbamates (subject to hydrolysis) is 1. The number of hydrogen-bond acceptors (Lipinski definition) is 13. The van der Waals surface area contributed by atoms with Gasteiger partial charge in [0.1, 0.15) is 24.2 Å². The van der Waals surface area contributed by atoms with Gasteiger partial charge < -0.3 is 54.2 Å². The predicted molar refractivity (Wildman–Crippen MR) is 281 cm³/mol. The first-order valence-corrected chi connectivity index (χ1v) is 29.2. The molecule has 4 N–H and O–H groups in total. The largest absolute Gasteiger partial charge is 0.480 e. The zero-order chi connectivity index (χ0) is 54.8. The fourth-order valence-electron chi connectivity index (χ4n) is 7.65. The van der Waals surface area contributed by atoms with Gasteiger partial charge in [-0.1, -0.05) is 64.2 Å². The van der Waals surface area contributed by atoms with Crippen LogP contribution in [-0.2, 0) is 59.0 Å². The van der Waals surface area contributed by atoms with Gasteiger partial charge in [-0.2, -0.15) is 0 Å². The van der Waals surface area contributed by atoms with Gasteiger partial charge in [0.05, 0.1) is 71.3 Å². The molecule has 0 bridgehead atoms. The second-order valence-electron chi connectivity index (χ2n) is 19.0. The zero-order valence-corrected chi connectivity index (χ0v) is 45.4. The van der Waals surface area contributed by atoms with Crippen molar-refractivity contribution in [2.45, 2.75) is 71.4 Å². The van der Waals surface area contributed by atoms with E-state index >= 15 is 4.39 Å². The average Bonchev–Trinajstić information content (AvgIpc) is 3.90. The van der Waals surface area contributed by atoms with E-state index in [1.165, 1.54) is 0 Å². The summed E-state index contributed by atoms with van der Waals surface area (Å²) in [7, 11) is -0.923. The van der Waals surface area contributed by atoms with E-state index in [0.29, 0.717) is 30.8 Å². The number of nitrogens with zero attached hydrogens (tertiary/aromatic N) is 3. The molecule has 0 fully saturated rings. The first kappa shape index (κ1) is 61.6. The molecular weight excluding hydrogens is 1010 g/mol. The molecule has 0 aliphatic carbocycles. The first-order chi connectivity index (χ1) is 35.8. The van der Waals surface area contributed by atoms with Crippen molar-refractivity contribution in [2.24, 2.45) is 5.41 Å². The molecule has 4 rings (SSSR count). The molecule has 1 aliphatic rings. The van der Waals surface area contributed by atoms with Gasteiger partial charge in [0.2, 0.25) is 17.7 Å². The Hall–Kier alpha value is -5.98. The third kappa shape index (κ3) is 22.4. The lowest BCUT2D eigenvalue weighted by atomic mass is 9.83. The van der Waals surface area contributed by atoms with Crippen molar-refractivity contribution in [3.63, 3.8) is 0 Å². The lowest BCUT2D eigenvalue weighted by Gasteiger charge is -2.41. The molecule has 75 heavy (non-hydrogen) atoms. The maximum Gasteiger partial charge on any atom is 0.407 e. The highest BCUT2D eigenvalue weighted by Crippen LogP contribution is 2.41. The summed E-state index contributed by atoms with van der Waals surface area (Å²) in [6, 6.07) is 13.5. The number of ether oxygens (including phenoxy) is 5. The predicted octanol–water partition coefficient (Wildman–Crippen LogP) is 4.80. The molecule has 2 atom stereocenters. The van der Waals surface area contributed by atoms with Gasteiger partial charge in [-0.25, -0.2) is 18.4 Å². The van der Waals surface area contributed by atoms with E-state index in [0.717, 1.165) is 58.6 Å². The number of carbonyl (C=O) groups is 7. The minimum absolute atomic E-state index is 0.00194. The van der Waals surface area contributed by atoms with E-state index in [1.54, 1.807) is 17.2 Å². The maximum atomic E-state index is 15.3. The van der Waals surface area contributed by atoms with Gasteiger partial charge in [0, 0.05) is 82.3 Å². The molecule has 23 heteroatoms. The zero-order valence-electron chi connectivity index (χ0n) is 43.4. The summed E-state index contributed by atoms with van der Waals surface area (Å²) < 4.78 is 59.0. The van der Waals surface area contributed by atoms with Gasteiger partial charge in [0.15, 0.2) is 0 Å². The Balaban J connectivity index is 1.26. The summed E-state index contributed by atoms with van der Waals surface area (Å²) in [6.45, 7) is 12.8. The molecule has 0 saturated heterocycles. The van der Waals surface area contributed by atoms with Gasteiger partial charge in [-0.15, -0.1) is 11.8 Å². The molecule has 1 aliphatic heterocycles. The van der Waals surface area contributed by atoms with Gasteiger partial charge in [-0.05, 0) is 47.7 Å². The van der Waals surface area contributed by atoms with E-state index in [4.69, 9.17) is 23.7 Å². The van der Waals surface area contributed by atoms with E-state index in [2.05, 4.69) is 29.0 Å². The quantitative estimate of drug-likeness (QED) is 0.0352. The number of carboxylic acid groups (broad SMARTS) is 1. The number of aliphatic carboxylic acids is 1. The van der Waals surface area contributed by atoms with E-state index in [9.17, 15) is 43.1 Å². The molecule has 2 aromatic carbocycles. The van der Waals surface area contributed by atoms with Crippen LogP contribution in [0.5, 0.6) is 0 Å². The highest BCUT2D eigenvalue weighted by Gasteiger charge is 2.37. The summed E-state index contributed by atoms with van der Waals surface area (Å²) in [5.74, 6) is -5.25. The number of nitrogens with one attached hydrogen (secondary N) is 3. The number of aromatic nitrogens is 1. The highest BCUT2D eigenvalue weighted by molar-refractivity contribution is 8.00. The molecule has 2 heterocycles. The molecule has 0 saturated carbocycles. The molecule has 6 amide bonds. The third-order valence-corrected chi connectivity index (χ3v) is 13.8. The number of hydrogen-bond donors (Lipinski definition) is 4. The Morgan fingerprint density at radius 1 is 0.800 bits per heavy atom. The molecule has 1 aromatic heterocycles. The van der Waals surface area contributed by atoms with Crippen molar-refractivity contribution >= 4 is 62.2 Å². The molecular formula is C52H72F2N6O13SSi. The third-order valence-electron chi connectivity index (χ3n) is 11.4. The van der Waals surface area contributed by atoms with Crippen LogP contribution >= 0.6 is 11.8 Å². The van der Waals surface area contributed by atoms with Crippen LogP contribution in [0.1, 0.15) is 50.9 Å². The SMILES string of the molecule is C[SiH](C)CCOC(=O)NCCCN(C(=O)CSC[C@H](NC(=O)CCOCCOCCOCCOCCNC(=O)CN1C(=O)C=CC1=O)C(=O)O)C(c1cc(-c2cc(F)ccc2F)cn1Cc1ccccc1)C(C)(C)C. The van der Waals surface area contributed by atoms with Gasteiger partial charge in [-0.3, -0.25) is 28.9 Å². The lowest BCUT2D eigenvalue weighted by Crippen LogP contribution is -2.45. The molecule has 19 nitrogen and oxygen atoms in total. The Labute approximate surface area is 443 Å². The maximum absolute atomic E-state index is 15.3. The van der Waals surface area contributed by atoms with E-state index < -0.39 is 73.6 Å². The summed E-state index contributed by atoms with van der Waals surface area (Å²) in [5.41, 5.74) is 1.40. The number of amides is 6. The summed E-state index contributed by atoms with van der Waals surface area (Å²) in [5, 5.41) is 17.9. The minimum atomic E-state index is -1.32. The van der Waals surface area contributed by atoms with Crippen molar-refractivity contribution in [3.05, 3.63) is 95.8 Å². The molecule has 3 aromatic rings. The van der Waals surface area contributed by atoms with Crippen LogP contribution < -0.4 is 16.0 Å². The molecule has 0 radical (unpaired) electrons. The number of carboxylic acids is 1. The fourth-order valence-corrected chi connectivity index (χ4v) is 9.16. The Kier molecular flexibility index (Phi) is 26.6. The van der Waals surface area contributed by atoms with Crippen LogP contribution in [0.4, 0.5) is 13.6 Å². The lowest BCUT2D eigenvalue weighted by molar-refractivity contribution is -0.141. The van der Waals surface area contributed by atoms with Crippen LogP contribution in [0.3, 0.4) is 0 Å². The molecule has 1 unspecified atom stereocenters. The monoisotopic (exact) mass is 1090 g/mol. The van der Waals surface area contributed by atoms with Crippen LogP contribution in [0.2, 0.25) is 19.1 Å². The summed E-state index contributed by atoms with van der Waals surface area (Å²) in [6.07, 6.45) is 3.61. The molecule has 412 valence electrons. The van der Waals surface area contributed by atoms with Gasteiger partial charge >= 0.3 is 12.1 Å². The Bertz CT molecular complexity index is 2350. The second-order valence-corrected chi connectivity index (χ2v) is 23.4. The van der Waals surface area contributed by atoms with Crippen LogP contribution in [-0.4, -0.2) is 173 Å². The topological polar surface area (TPSA) is 233 Å². The average molecular weight is 1090 g/mol. The molecule has 0 spiro atoms. The first-order valence-electron chi connectivity index (χ1n) is 24.9. The smallest absolute Gasteiger partial charge is 0.407 e. The van der Waals surface area contributed by atoms with Crippen molar-refractivity contribution < 1.29 is 71.1 Å². The summed E-state index contributed by atoms with van der Waals surface area (Å²) in [4.78, 5) is 89.7. The van der Waals surface area contributed by atoms with E-state index in [-0.39, 0.29) is 108 Å². The van der Waals surface area contributed by atoms with Gasteiger partial charge in [0.25, 0.3) is 11.8 Å². The van der Waals surface area contributed by atoms with Crippen LogP contribution in [0.15, 0.2) is 72.9 Å². The van der Waals surface area contributed by atoms with Crippen LogP contribution in [0, 0.1) is 17.0 Å². The van der Waals surface area contributed by atoms with E-state index in [1.807, 2.05) is 55.7 Å². The number of thioether (sulfide) groups is 1. The summed E-state index contributed by atoms with van der Waals surface area (Å²) >= 11 is 1.04. The normalized spacial score (nSPS) is 13.3. The van der Waals surface area contributed by atoms with Crippen molar-refractivity contribution in [2.75, 3.05) is 97.1 Å². The Morgan fingerprint density at radius 3 is 2.07 bits per heavy atom. The van der Waals surface area contributed by atoms with Crippen molar-refractivity contribution in [1.29, 1.82) is 0 Å². The number of rotatable bonds is 35. The number of halogens is 2. The van der Waals surface area contributed by atoms with Crippen LogP contribution in [0.25, 0.3) is 11.1 Å². The number of imide groups is 1. The minimum Gasteiger partial charge on any atom is -0.480 e. The number of benzene rings is 2. The highest BCUT2D eigenvalue weighted by atomic mass is 32.2. The number of carbonyl (C=O) groups excluding carboxylic acids is 6. The van der Waals surface area contributed by atoms with Crippen molar-refractivity contribution in [1.82, 2.24) is 30.3 Å². The fraction of sp³-hybridized carbons (Fsp3) is 0.519. The van der Waals surface area contributed by atoms with Crippen molar-refractivity contribution in [3.8, 4) is 11.1 Å². The second kappa shape index (κ2) is 32.5. The standard InChI is InChI=1S/C52H72F2N6O13SSi/c1-52(2,3)49(43-30-38(40-31-39(53)12-13-41(40)54)33-58(43)32-37-10-7-6-8-11-37)59(19-9-17-56-51(68)73-28-29-75(4)5)48(65)36-74-35-42(50(66)67)57-44(61)16-20-69-22-24-71-26-27-72-25-23-70-21-18-55-45(62)34-60-46(63)14-15-47(60)64/h6-8,10-15,30-31,33,42,49,75H,9,16-29,32,34-36H2,1-5H3,(H,55,62)(H,56,68)(H,57,61)(H,66,67)/t42-,49?/m0/s1.